The number of amides is 1. The van der Waals surface area contributed by atoms with E-state index in [1.165, 1.54) is 6.08 Å². The third-order valence-corrected chi connectivity index (χ3v) is 3.30. The molecule has 21 heavy (non-hydrogen) atoms. The van der Waals surface area contributed by atoms with Crippen LogP contribution in [0.2, 0.25) is 0 Å². The van der Waals surface area contributed by atoms with Crippen LogP contribution in [0.4, 0.5) is 13.2 Å². The van der Waals surface area contributed by atoms with Crippen LogP contribution in [0, 0.1) is 5.92 Å². The summed E-state index contributed by atoms with van der Waals surface area (Å²) in [5.74, 6) is -0.541. The molecule has 0 saturated heterocycles. The van der Waals surface area contributed by atoms with Gasteiger partial charge in [-0.05, 0) is 38.3 Å². The summed E-state index contributed by atoms with van der Waals surface area (Å²) >= 11 is 0. The molecule has 3 N–H and O–H groups in total. The second-order valence-electron chi connectivity index (χ2n) is 5.03. The minimum absolute atomic E-state index is 0.249. The Morgan fingerprint density at radius 1 is 1.57 bits per heavy atom. The van der Waals surface area contributed by atoms with Crippen molar-refractivity contribution >= 4 is 5.91 Å². The molecule has 0 aromatic heterocycles. The first kappa shape index (κ1) is 17.5. The highest BCUT2D eigenvalue weighted by Gasteiger charge is 2.33. The predicted molar refractivity (Wildman–Crippen MR) is 76.4 cm³/mol. The van der Waals surface area contributed by atoms with Gasteiger partial charge in [0, 0.05) is 5.92 Å². The molecule has 6 heteroatoms. The Labute approximate surface area is 122 Å². The molecule has 0 aromatic rings. The molecule has 0 saturated carbocycles. The van der Waals surface area contributed by atoms with Crippen molar-refractivity contribution in [3.8, 4) is 0 Å². The minimum Gasteiger partial charge on any atom is -0.349 e. The van der Waals surface area contributed by atoms with Crippen LogP contribution in [-0.4, -0.2) is 24.7 Å². The van der Waals surface area contributed by atoms with Gasteiger partial charge in [-0.2, -0.15) is 13.2 Å². The van der Waals surface area contributed by atoms with Gasteiger partial charge in [0.2, 0.25) is 5.91 Å². The lowest BCUT2D eigenvalue weighted by Gasteiger charge is -2.22. The molecule has 0 fully saturated rings. The van der Waals surface area contributed by atoms with Gasteiger partial charge in [0.25, 0.3) is 0 Å². The zero-order valence-electron chi connectivity index (χ0n) is 11.8. The molecular weight excluding hydrogens is 281 g/mol. The Hall–Kier alpha value is -1.56. The molecule has 1 aliphatic carbocycles. The molecule has 118 valence electrons. The summed E-state index contributed by atoms with van der Waals surface area (Å²) in [6.45, 7) is 4.08. The number of hydrogen-bond acceptors (Lipinski definition) is 2. The van der Waals surface area contributed by atoms with Gasteiger partial charge in [-0.1, -0.05) is 18.2 Å². The number of allylic oxidation sites excluding steroid dienone is 3. The first-order chi connectivity index (χ1) is 9.88. The topological polar surface area (TPSA) is 55.1 Å². The molecule has 0 bridgehead atoms. The van der Waals surface area contributed by atoms with E-state index in [1.54, 1.807) is 6.08 Å². The van der Waals surface area contributed by atoms with Gasteiger partial charge in [0.05, 0.1) is 11.6 Å². The smallest absolute Gasteiger partial charge is 0.349 e. The Bertz CT molecular complexity index is 427. The third-order valence-electron chi connectivity index (χ3n) is 3.30. The Balaban J connectivity index is 2.66. The highest BCUT2D eigenvalue weighted by molar-refractivity contribution is 5.79. The molecule has 2 atom stereocenters. The van der Waals surface area contributed by atoms with Crippen molar-refractivity contribution in [3.63, 3.8) is 0 Å². The Kier molecular flexibility index (Phi) is 6.68. The molecule has 0 radical (unpaired) electrons. The summed E-state index contributed by atoms with van der Waals surface area (Å²) in [5.41, 5.74) is 4.70. The van der Waals surface area contributed by atoms with Crippen LogP contribution < -0.4 is 11.1 Å². The summed E-state index contributed by atoms with van der Waals surface area (Å²) in [5, 5.41) is 2.66. The van der Waals surface area contributed by atoms with E-state index in [1.807, 2.05) is 0 Å². The number of nitrogens with two attached hydrogens (primary N) is 1. The average Bonchev–Trinajstić information content (AvgIpc) is 2.42. The van der Waals surface area contributed by atoms with Crippen molar-refractivity contribution in [2.24, 2.45) is 11.7 Å². The molecule has 1 aliphatic rings. The largest absolute Gasteiger partial charge is 0.416 e. The van der Waals surface area contributed by atoms with Crippen molar-refractivity contribution in [1.29, 1.82) is 0 Å². The van der Waals surface area contributed by atoms with Gasteiger partial charge < -0.3 is 11.1 Å². The maximum Gasteiger partial charge on any atom is 0.416 e. The lowest BCUT2D eigenvalue weighted by molar-refractivity contribution is -0.125. The molecule has 3 nitrogen and oxygen atoms in total. The zero-order chi connectivity index (χ0) is 15.9. The number of carbonyl (C=O) groups excluding carboxylic acids is 1. The van der Waals surface area contributed by atoms with E-state index in [4.69, 9.17) is 5.73 Å². The summed E-state index contributed by atoms with van der Waals surface area (Å²) in [7, 11) is 0. The van der Waals surface area contributed by atoms with E-state index in [-0.39, 0.29) is 11.8 Å². The van der Waals surface area contributed by atoms with Gasteiger partial charge in [0.15, 0.2) is 0 Å². The monoisotopic (exact) mass is 302 g/mol. The summed E-state index contributed by atoms with van der Waals surface area (Å²) in [6.07, 6.45) is 2.93. The number of hydrogen-bond donors (Lipinski definition) is 2. The Morgan fingerprint density at radius 3 is 2.86 bits per heavy atom. The lowest BCUT2D eigenvalue weighted by Crippen LogP contribution is -2.39. The molecule has 1 amide bonds. The summed E-state index contributed by atoms with van der Waals surface area (Å²) in [6, 6.07) is -0.621. The van der Waals surface area contributed by atoms with Gasteiger partial charge in [-0.25, -0.2) is 0 Å². The first-order valence-electron chi connectivity index (χ1n) is 6.95. The molecule has 0 spiro atoms. The van der Waals surface area contributed by atoms with E-state index < -0.39 is 17.8 Å². The van der Waals surface area contributed by atoms with Crippen molar-refractivity contribution in [1.82, 2.24) is 5.32 Å². The van der Waals surface area contributed by atoms with Crippen molar-refractivity contribution in [2.45, 2.75) is 37.9 Å². The van der Waals surface area contributed by atoms with Crippen LogP contribution in [0.25, 0.3) is 0 Å². The van der Waals surface area contributed by atoms with Gasteiger partial charge in [0.1, 0.15) is 0 Å². The van der Waals surface area contributed by atoms with Crippen LogP contribution in [-0.2, 0) is 4.79 Å². The number of carbonyl (C=O) groups is 1. The quantitative estimate of drug-likeness (QED) is 0.711. The Morgan fingerprint density at radius 2 is 2.29 bits per heavy atom. The maximum absolute atomic E-state index is 12.6. The summed E-state index contributed by atoms with van der Waals surface area (Å²) < 4.78 is 37.9. The standard InChI is InChI=1S/C15H21F3N2O/c1-2-5-11(6-4-9-19)14(21)20-13-8-3-7-12(10-13)15(16,17)18/h2-3,7,10-11,13H,1,4-6,8-9,19H2,(H,20,21). The fourth-order valence-corrected chi connectivity index (χ4v) is 2.19. The van der Waals surface area contributed by atoms with Crippen molar-refractivity contribution in [2.75, 3.05) is 6.54 Å². The minimum atomic E-state index is -4.39. The molecule has 2 unspecified atom stereocenters. The van der Waals surface area contributed by atoms with Gasteiger partial charge >= 0.3 is 6.18 Å². The number of rotatable bonds is 7. The SMILES string of the molecule is C=CCC(CCCN)C(=O)NC1C=C(C(F)(F)F)C=CC1. The van der Waals surface area contributed by atoms with Crippen LogP contribution >= 0.6 is 0 Å². The van der Waals surface area contributed by atoms with E-state index in [2.05, 4.69) is 11.9 Å². The first-order valence-corrected chi connectivity index (χ1v) is 6.95. The molecule has 1 rings (SSSR count). The molecule has 0 aliphatic heterocycles. The fraction of sp³-hybridized carbons (Fsp3) is 0.533. The molecule has 0 heterocycles. The van der Waals surface area contributed by atoms with E-state index in [0.717, 1.165) is 12.2 Å². The number of alkyl halides is 3. The molecule has 0 aromatic carbocycles. The van der Waals surface area contributed by atoms with E-state index >= 15 is 0 Å². The van der Waals surface area contributed by atoms with Gasteiger partial charge in [-0.15, -0.1) is 6.58 Å². The van der Waals surface area contributed by atoms with Gasteiger partial charge in [-0.3, -0.25) is 4.79 Å². The normalized spacial score (nSPS) is 19.8. The average molecular weight is 302 g/mol. The predicted octanol–water partition coefficient (Wildman–Crippen LogP) is 2.85. The van der Waals surface area contributed by atoms with Crippen LogP contribution in [0.1, 0.15) is 25.7 Å². The van der Waals surface area contributed by atoms with Crippen molar-refractivity contribution in [3.05, 3.63) is 36.5 Å². The maximum atomic E-state index is 12.6. The fourth-order valence-electron chi connectivity index (χ4n) is 2.19. The zero-order valence-corrected chi connectivity index (χ0v) is 11.8. The van der Waals surface area contributed by atoms with Crippen molar-refractivity contribution < 1.29 is 18.0 Å². The van der Waals surface area contributed by atoms with E-state index in [0.29, 0.717) is 32.2 Å². The van der Waals surface area contributed by atoms with Crippen LogP contribution in [0.5, 0.6) is 0 Å². The second kappa shape index (κ2) is 8.02. The molecular formula is C15H21F3N2O. The highest BCUT2D eigenvalue weighted by atomic mass is 19.4. The van der Waals surface area contributed by atoms with Crippen LogP contribution in [0.15, 0.2) is 36.5 Å². The lowest BCUT2D eigenvalue weighted by atomic mass is 9.96. The van der Waals surface area contributed by atoms with Crippen LogP contribution in [0.3, 0.4) is 0 Å². The number of halogens is 3. The van der Waals surface area contributed by atoms with E-state index in [9.17, 15) is 18.0 Å². The number of nitrogens with one attached hydrogen (secondary N) is 1. The second-order valence-corrected chi connectivity index (χ2v) is 5.03. The summed E-state index contributed by atoms with van der Waals surface area (Å²) in [4.78, 5) is 12.1. The highest BCUT2D eigenvalue weighted by Crippen LogP contribution is 2.29. The third kappa shape index (κ3) is 5.75.